The zero-order chi connectivity index (χ0) is 19.4. The summed E-state index contributed by atoms with van der Waals surface area (Å²) in [6, 6.07) is 7.16. The number of carbonyl (C=O) groups is 1. The average Bonchev–Trinajstić information content (AvgIpc) is 3.10. The third kappa shape index (κ3) is 4.17. The largest absolute Gasteiger partial charge is 0.383 e. The third-order valence-corrected chi connectivity index (χ3v) is 6.94. The average molecular weight is 394 g/mol. The molecule has 1 amide bonds. The van der Waals surface area contributed by atoms with Crippen molar-refractivity contribution in [2.45, 2.75) is 31.2 Å². The highest BCUT2D eigenvalue weighted by atomic mass is 32.2. The normalized spacial score (nSPS) is 18.7. The maximum Gasteiger partial charge on any atom is 0.243 e. The molecule has 148 valence electrons. The number of amides is 1. The second kappa shape index (κ2) is 8.41. The third-order valence-electron chi connectivity index (χ3n) is 5.08. The van der Waals surface area contributed by atoms with Crippen molar-refractivity contribution in [2.75, 3.05) is 33.4 Å². The molecule has 0 bridgehead atoms. The van der Waals surface area contributed by atoms with Crippen LogP contribution in [0.1, 0.15) is 19.8 Å². The molecule has 0 saturated carbocycles. The van der Waals surface area contributed by atoms with E-state index in [1.165, 1.54) is 4.31 Å². The summed E-state index contributed by atoms with van der Waals surface area (Å²) >= 11 is 0. The van der Waals surface area contributed by atoms with Crippen LogP contribution in [0.4, 0.5) is 0 Å². The number of rotatable bonds is 7. The van der Waals surface area contributed by atoms with E-state index in [0.29, 0.717) is 32.5 Å². The second-order valence-corrected chi connectivity index (χ2v) is 8.75. The van der Waals surface area contributed by atoms with Crippen LogP contribution >= 0.6 is 0 Å². The fraction of sp³-hybridized carbons (Fsp3) is 0.526. The van der Waals surface area contributed by atoms with Gasteiger partial charge in [0.2, 0.25) is 15.9 Å². The maximum atomic E-state index is 13.1. The lowest BCUT2D eigenvalue weighted by Crippen LogP contribution is -2.45. The van der Waals surface area contributed by atoms with Crippen molar-refractivity contribution < 1.29 is 17.9 Å². The van der Waals surface area contributed by atoms with Crippen molar-refractivity contribution in [1.82, 2.24) is 14.2 Å². The minimum atomic E-state index is -3.62. The molecule has 3 rings (SSSR count). The van der Waals surface area contributed by atoms with Gasteiger partial charge in [0.05, 0.1) is 17.4 Å². The Morgan fingerprint density at radius 3 is 2.89 bits per heavy atom. The SMILES string of the molecule is CCn1ccc2cc(S(=O)(=O)N3CCC[C@H](C(=O)NCCOC)C3)ccc21. The number of piperidine rings is 1. The van der Waals surface area contributed by atoms with Gasteiger partial charge in [-0.3, -0.25) is 4.79 Å². The second-order valence-electron chi connectivity index (χ2n) is 6.81. The van der Waals surface area contributed by atoms with Crippen LogP contribution in [-0.2, 0) is 26.1 Å². The van der Waals surface area contributed by atoms with E-state index in [-0.39, 0.29) is 23.3 Å². The van der Waals surface area contributed by atoms with E-state index in [1.54, 1.807) is 19.2 Å². The molecule has 1 aromatic carbocycles. The predicted octanol–water partition coefficient (Wildman–Crippen LogP) is 1.82. The highest BCUT2D eigenvalue weighted by Crippen LogP contribution is 2.26. The van der Waals surface area contributed by atoms with Gasteiger partial charge in [0.1, 0.15) is 0 Å². The molecule has 2 aromatic rings. The van der Waals surface area contributed by atoms with E-state index in [2.05, 4.69) is 16.8 Å². The van der Waals surface area contributed by atoms with Gasteiger partial charge < -0.3 is 14.6 Å². The Morgan fingerprint density at radius 1 is 1.33 bits per heavy atom. The topological polar surface area (TPSA) is 80.6 Å². The van der Waals surface area contributed by atoms with Crippen molar-refractivity contribution in [3.63, 3.8) is 0 Å². The van der Waals surface area contributed by atoms with E-state index < -0.39 is 10.0 Å². The number of methoxy groups -OCH3 is 1. The number of hydrogen-bond acceptors (Lipinski definition) is 4. The quantitative estimate of drug-likeness (QED) is 0.728. The molecule has 1 fully saturated rings. The lowest BCUT2D eigenvalue weighted by atomic mass is 9.99. The smallest absolute Gasteiger partial charge is 0.243 e. The number of ether oxygens (including phenoxy) is 1. The van der Waals surface area contributed by atoms with Crippen LogP contribution in [-0.4, -0.2) is 56.5 Å². The molecule has 1 atom stereocenters. The van der Waals surface area contributed by atoms with Crippen LogP contribution < -0.4 is 5.32 Å². The number of nitrogens with zero attached hydrogens (tertiary/aromatic N) is 2. The highest BCUT2D eigenvalue weighted by molar-refractivity contribution is 7.89. The Bertz CT molecular complexity index is 907. The van der Waals surface area contributed by atoms with Gasteiger partial charge in [0.25, 0.3) is 0 Å². The van der Waals surface area contributed by atoms with Crippen molar-refractivity contribution in [3.05, 3.63) is 30.5 Å². The van der Waals surface area contributed by atoms with Crippen molar-refractivity contribution in [1.29, 1.82) is 0 Å². The summed E-state index contributed by atoms with van der Waals surface area (Å²) in [7, 11) is -2.05. The standard InChI is InChI=1S/C19H27N3O4S/c1-3-21-11-8-15-13-17(6-7-18(15)21)27(24,25)22-10-4-5-16(14-22)19(23)20-9-12-26-2/h6-8,11,13,16H,3-5,9-10,12,14H2,1-2H3,(H,20,23)/t16-/m0/s1. The molecule has 8 heteroatoms. The Balaban J connectivity index is 1.76. The van der Waals surface area contributed by atoms with Crippen LogP contribution in [0.25, 0.3) is 10.9 Å². The number of nitrogens with one attached hydrogen (secondary N) is 1. The summed E-state index contributed by atoms with van der Waals surface area (Å²) in [6.45, 7) is 4.42. The van der Waals surface area contributed by atoms with Gasteiger partial charge in [0.15, 0.2) is 0 Å². The molecule has 1 aromatic heterocycles. The van der Waals surface area contributed by atoms with E-state index in [4.69, 9.17) is 4.74 Å². The Kier molecular flexibility index (Phi) is 6.18. The molecule has 0 unspecified atom stereocenters. The van der Waals surface area contributed by atoms with Crippen LogP contribution in [0.2, 0.25) is 0 Å². The minimum absolute atomic E-state index is 0.109. The first-order valence-electron chi connectivity index (χ1n) is 9.33. The number of aryl methyl sites for hydroxylation is 1. The molecule has 1 N–H and O–H groups in total. The molecular formula is C19H27N3O4S. The molecule has 1 aliphatic rings. The van der Waals surface area contributed by atoms with Gasteiger partial charge in [-0.05, 0) is 44.0 Å². The summed E-state index contributed by atoms with van der Waals surface area (Å²) in [4.78, 5) is 12.6. The molecular weight excluding hydrogens is 366 g/mol. The van der Waals surface area contributed by atoms with Crippen LogP contribution in [0.5, 0.6) is 0 Å². The van der Waals surface area contributed by atoms with E-state index >= 15 is 0 Å². The molecule has 7 nitrogen and oxygen atoms in total. The number of hydrogen-bond donors (Lipinski definition) is 1. The maximum absolute atomic E-state index is 13.1. The van der Waals surface area contributed by atoms with E-state index in [1.807, 2.05) is 18.3 Å². The first kappa shape index (κ1) is 19.9. The monoisotopic (exact) mass is 393 g/mol. The molecule has 27 heavy (non-hydrogen) atoms. The number of fused-ring (bicyclic) bond motifs is 1. The number of benzene rings is 1. The van der Waals surface area contributed by atoms with Gasteiger partial charge in [-0.15, -0.1) is 0 Å². The summed E-state index contributed by atoms with van der Waals surface area (Å²) in [5, 5.41) is 3.72. The van der Waals surface area contributed by atoms with Gasteiger partial charge in [0, 0.05) is 50.4 Å². The van der Waals surface area contributed by atoms with Gasteiger partial charge in [-0.25, -0.2) is 8.42 Å². The number of sulfonamides is 1. The van der Waals surface area contributed by atoms with Crippen molar-refractivity contribution in [2.24, 2.45) is 5.92 Å². The van der Waals surface area contributed by atoms with Crippen LogP contribution in [0.15, 0.2) is 35.4 Å². The summed E-state index contributed by atoms with van der Waals surface area (Å²) in [5.74, 6) is -0.433. The fourth-order valence-electron chi connectivity index (χ4n) is 3.56. The minimum Gasteiger partial charge on any atom is -0.383 e. The van der Waals surface area contributed by atoms with Crippen molar-refractivity contribution in [3.8, 4) is 0 Å². The fourth-order valence-corrected chi connectivity index (χ4v) is 5.12. The summed E-state index contributed by atoms with van der Waals surface area (Å²) < 4.78 is 34.7. The molecule has 0 aliphatic carbocycles. The molecule has 0 spiro atoms. The zero-order valence-electron chi connectivity index (χ0n) is 15.8. The Labute approximate surface area is 160 Å². The molecule has 1 saturated heterocycles. The van der Waals surface area contributed by atoms with Crippen LogP contribution in [0, 0.1) is 5.92 Å². The number of aromatic nitrogens is 1. The zero-order valence-corrected chi connectivity index (χ0v) is 16.7. The van der Waals surface area contributed by atoms with Gasteiger partial charge >= 0.3 is 0 Å². The summed E-state index contributed by atoms with van der Waals surface area (Å²) in [6.07, 6.45) is 3.33. The molecule has 0 radical (unpaired) electrons. The Hall–Kier alpha value is -1.90. The first-order chi connectivity index (χ1) is 13.0. The summed E-state index contributed by atoms with van der Waals surface area (Å²) in [5.41, 5.74) is 1.02. The lowest BCUT2D eigenvalue weighted by molar-refractivity contribution is -0.126. The molecule has 1 aliphatic heterocycles. The molecule has 2 heterocycles. The van der Waals surface area contributed by atoms with E-state index in [9.17, 15) is 13.2 Å². The Morgan fingerprint density at radius 2 is 2.15 bits per heavy atom. The predicted molar refractivity (Wildman–Crippen MR) is 104 cm³/mol. The first-order valence-corrected chi connectivity index (χ1v) is 10.8. The van der Waals surface area contributed by atoms with Gasteiger partial charge in [-0.1, -0.05) is 0 Å². The van der Waals surface area contributed by atoms with Crippen molar-refractivity contribution >= 4 is 26.8 Å². The highest BCUT2D eigenvalue weighted by Gasteiger charge is 2.33. The van der Waals surface area contributed by atoms with E-state index in [0.717, 1.165) is 17.4 Å². The van der Waals surface area contributed by atoms with Crippen LogP contribution in [0.3, 0.4) is 0 Å². The lowest BCUT2D eigenvalue weighted by Gasteiger charge is -2.31. The number of carbonyl (C=O) groups excluding carboxylic acids is 1. The van der Waals surface area contributed by atoms with Gasteiger partial charge in [-0.2, -0.15) is 4.31 Å².